The zero-order valence-corrected chi connectivity index (χ0v) is 20.3. The molecule has 0 bridgehead atoms. The van der Waals surface area contributed by atoms with Crippen LogP contribution < -0.4 is 9.47 Å². The van der Waals surface area contributed by atoms with E-state index in [0.717, 1.165) is 5.56 Å². The Bertz CT molecular complexity index is 1140. The van der Waals surface area contributed by atoms with Gasteiger partial charge in [0.05, 0.1) is 38.0 Å². The number of ether oxygens (including phenoxy) is 3. The summed E-state index contributed by atoms with van der Waals surface area (Å²) in [5, 5.41) is 0.566. The maximum atomic E-state index is 13.1. The molecule has 2 aromatic carbocycles. The number of amidine groups is 1. The van der Waals surface area contributed by atoms with E-state index in [-0.39, 0.29) is 11.8 Å². The Morgan fingerprint density at radius 2 is 1.94 bits per heavy atom. The Hall–Kier alpha value is -3.30. The normalized spacial score (nSPS) is 18.6. The number of carbonyl (C=O) groups excluding carboxylic acids is 2. The third-order valence-corrected chi connectivity index (χ3v) is 6.55. The number of thioether (sulfide) groups is 1. The lowest BCUT2D eigenvalue weighted by Gasteiger charge is -2.26. The van der Waals surface area contributed by atoms with Gasteiger partial charge in [-0.25, -0.2) is 4.99 Å². The van der Waals surface area contributed by atoms with Crippen LogP contribution in [-0.4, -0.2) is 73.8 Å². The van der Waals surface area contributed by atoms with Gasteiger partial charge in [-0.05, 0) is 61.2 Å². The van der Waals surface area contributed by atoms with Crippen molar-refractivity contribution in [2.75, 3.05) is 47.1 Å². The number of likely N-dealkylation sites (N-methyl/N-ethyl adjacent to an activating group) is 1. The van der Waals surface area contributed by atoms with Crippen molar-refractivity contribution in [2.24, 2.45) is 4.99 Å². The fourth-order valence-electron chi connectivity index (χ4n) is 3.73. The van der Waals surface area contributed by atoms with Gasteiger partial charge >= 0.3 is 0 Å². The molecule has 2 aliphatic rings. The molecule has 2 aromatic rings. The summed E-state index contributed by atoms with van der Waals surface area (Å²) >= 11 is 1.30. The summed E-state index contributed by atoms with van der Waals surface area (Å²) in [6.07, 6.45) is 1.79. The predicted octanol–water partition coefficient (Wildman–Crippen LogP) is 3.80. The Morgan fingerprint density at radius 1 is 1.15 bits per heavy atom. The summed E-state index contributed by atoms with van der Waals surface area (Å²) in [5.74, 6) is 1.14. The SMILES string of the molecule is CCN1C(=O)/C(=C\c2cc(OC)ccc2OC)SC1=Nc1cccc(C(=O)N2CCOCC2)c1. The van der Waals surface area contributed by atoms with E-state index < -0.39 is 0 Å². The van der Waals surface area contributed by atoms with E-state index in [0.29, 0.717) is 65.7 Å². The van der Waals surface area contributed by atoms with Crippen molar-refractivity contribution >= 4 is 40.5 Å². The Labute approximate surface area is 203 Å². The fourth-order valence-corrected chi connectivity index (χ4v) is 4.78. The third kappa shape index (κ3) is 5.10. The molecule has 0 aromatic heterocycles. The first-order valence-electron chi connectivity index (χ1n) is 11.0. The number of amides is 2. The van der Waals surface area contributed by atoms with Crippen LogP contribution in [0.4, 0.5) is 5.69 Å². The molecule has 4 rings (SSSR count). The number of nitrogens with zero attached hydrogens (tertiary/aromatic N) is 3. The predicted molar refractivity (Wildman–Crippen MR) is 133 cm³/mol. The van der Waals surface area contributed by atoms with Gasteiger partial charge in [0, 0.05) is 30.8 Å². The zero-order chi connectivity index (χ0) is 24.1. The van der Waals surface area contributed by atoms with Crippen LogP contribution in [0, 0.1) is 0 Å². The third-order valence-electron chi connectivity index (χ3n) is 5.54. The summed E-state index contributed by atoms with van der Waals surface area (Å²) < 4.78 is 16.1. The molecule has 0 radical (unpaired) electrons. The molecule has 0 N–H and O–H groups in total. The van der Waals surface area contributed by atoms with E-state index in [9.17, 15) is 9.59 Å². The number of hydrogen-bond donors (Lipinski definition) is 0. The number of methoxy groups -OCH3 is 2. The standard InChI is InChI=1S/C25H27N3O5S/c1-4-28-24(30)22(16-18-15-20(31-2)8-9-21(18)32-3)34-25(28)26-19-7-5-6-17(14-19)23(29)27-10-12-33-13-11-27/h5-9,14-16H,4,10-13H2,1-3H3/b22-16+,26-25?. The van der Waals surface area contributed by atoms with E-state index in [4.69, 9.17) is 19.2 Å². The Morgan fingerprint density at radius 3 is 2.65 bits per heavy atom. The van der Waals surface area contributed by atoms with Crippen molar-refractivity contribution in [3.63, 3.8) is 0 Å². The second kappa shape index (κ2) is 10.8. The lowest BCUT2D eigenvalue weighted by molar-refractivity contribution is -0.122. The molecule has 34 heavy (non-hydrogen) atoms. The van der Waals surface area contributed by atoms with Gasteiger partial charge in [-0.15, -0.1) is 0 Å². The van der Waals surface area contributed by atoms with Crippen LogP contribution in [-0.2, 0) is 9.53 Å². The average Bonchev–Trinajstić information content (AvgIpc) is 3.17. The van der Waals surface area contributed by atoms with E-state index in [1.54, 1.807) is 54.4 Å². The van der Waals surface area contributed by atoms with Gasteiger partial charge in [0.15, 0.2) is 5.17 Å². The van der Waals surface area contributed by atoms with Crippen molar-refractivity contribution in [3.8, 4) is 11.5 Å². The topological polar surface area (TPSA) is 80.7 Å². The van der Waals surface area contributed by atoms with Crippen LogP contribution in [0.1, 0.15) is 22.8 Å². The van der Waals surface area contributed by atoms with Crippen molar-refractivity contribution in [1.82, 2.24) is 9.80 Å². The molecule has 0 aliphatic carbocycles. The van der Waals surface area contributed by atoms with Crippen LogP contribution in [0.15, 0.2) is 52.4 Å². The van der Waals surface area contributed by atoms with E-state index in [1.165, 1.54) is 11.8 Å². The highest BCUT2D eigenvalue weighted by Gasteiger charge is 2.32. The number of carbonyl (C=O) groups is 2. The van der Waals surface area contributed by atoms with Crippen molar-refractivity contribution in [2.45, 2.75) is 6.92 Å². The van der Waals surface area contributed by atoms with Gasteiger partial charge in [-0.3, -0.25) is 14.5 Å². The van der Waals surface area contributed by atoms with Gasteiger partial charge in [0.1, 0.15) is 11.5 Å². The molecule has 2 amide bonds. The van der Waals surface area contributed by atoms with E-state index >= 15 is 0 Å². The highest BCUT2D eigenvalue weighted by Crippen LogP contribution is 2.36. The smallest absolute Gasteiger partial charge is 0.266 e. The van der Waals surface area contributed by atoms with Crippen molar-refractivity contribution < 1.29 is 23.8 Å². The van der Waals surface area contributed by atoms with Gasteiger partial charge in [0.2, 0.25) is 0 Å². The minimum Gasteiger partial charge on any atom is -0.497 e. The second-order valence-electron chi connectivity index (χ2n) is 7.62. The highest BCUT2D eigenvalue weighted by molar-refractivity contribution is 8.18. The number of morpholine rings is 1. The van der Waals surface area contributed by atoms with Crippen LogP contribution in [0.5, 0.6) is 11.5 Å². The first-order chi connectivity index (χ1) is 16.5. The molecule has 0 spiro atoms. The lowest BCUT2D eigenvalue weighted by Crippen LogP contribution is -2.40. The summed E-state index contributed by atoms with van der Waals surface area (Å²) in [4.78, 5) is 34.6. The molecule has 2 fully saturated rings. The molecule has 0 saturated carbocycles. The molecule has 8 nitrogen and oxygen atoms in total. The molecule has 9 heteroatoms. The molecule has 0 atom stereocenters. The first kappa shape index (κ1) is 23.8. The Balaban J connectivity index is 1.62. The van der Waals surface area contributed by atoms with Crippen molar-refractivity contribution in [1.29, 1.82) is 0 Å². The van der Waals surface area contributed by atoms with Gasteiger partial charge in [-0.1, -0.05) is 6.07 Å². The largest absolute Gasteiger partial charge is 0.497 e. The minimum absolute atomic E-state index is 0.0430. The van der Waals surface area contributed by atoms with Crippen LogP contribution in [0.3, 0.4) is 0 Å². The highest BCUT2D eigenvalue weighted by atomic mass is 32.2. The number of aliphatic imine (C=N–C) groups is 1. The molecular formula is C25H27N3O5S. The molecular weight excluding hydrogens is 454 g/mol. The van der Waals surface area contributed by atoms with Gasteiger partial charge in [0.25, 0.3) is 11.8 Å². The van der Waals surface area contributed by atoms with Gasteiger partial charge < -0.3 is 19.1 Å². The summed E-state index contributed by atoms with van der Waals surface area (Å²) in [6.45, 7) is 4.63. The second-order valence-corrected chi connectivity index (χ2v) is 8.63. The summed E-state index contributed by atoms with van der Waals surface area (Å²) in [6, 6.07) is 12.6. The minimum atomic E-state index is -0.128. The number of hydrogen-bond acceptors (Lipinski definition) is 7. The van der Waals surface area contributed by atoms with Crippen LogP contribution in [0.2, 0.25) is 0 Å². The first-order valence-corrected chi connectivity index (χ1v) is 11.8. The number of benzene rings is 2. The summed E-state index contributed by atoms with van der Waals surface area (Å²) in [7, 11) is 3.18. The van der Waals surface area contributed by atoms with Crippen LogP contribution in [0.25, 0.3) is 6.08 Å². The Kier molecular flexibility index (Phi) is 7.54. The zero-order valence-electron chi connectivity index (χ0n) is 19.4. The molecule has 2 saturated heterocycles. The molecule has 0 unspecified atom stereocenters. The fraction of sp³-hybridized carbons (Fsp3) is 0.320. The van der Waals surface area contributed by atoms with E-state index in [1.807, 2.05) is 25.1 Å². The van der Waals surface area contributed by atoms with Crippen molar-refractivity contribution in [3.05, 3.63) is 58.5 Å². The summed E-state index contributed by atoms with van der Waals surface area (Å²) in [5.41, 5.74) is 1.93. The quantitative estimate of drug-likeness (QED) is 0.584. The maximum absolute atomic E-state index is 13.1. The van der Waals surface area contributed by atoms with Gasteiger partial charge in [-0.2, -0.15) is 0 Å². The molecule has 2 aliphatic heterocycles. The maximum Gasteiger partial charge on any atom is 0.266 e. The molecule has 178 valence electrons. The lowest BCUT2D eigenvalue weighted by atomic mass is 10.1. The van der Waals surface area contributed by atoms with Crippen LogP contribution >= 0.6 is 11.8 Å². The monoisotopic (exact) mass is 481 g/mol. The average molecular weight is 482 g/mol. The molecule has 2 heterocycles. The number of rotatable bonds is 6. The van der Waals surface area contributed by atoms with E-state index in [2.05, 4.69) is 0 Å².